The Bertz CT molecular complexity index is 367. The van der Waals surface area contributed by atoms with Gasteiger partial charge in [-0.15, -0.1) is 0 Å². The first-order chi connectivity index (χ1) is 8.43. The molecule has 3 rings (SSSR count). The lowest BCUT2D eigenvalue weighted by Crippen LogP contribution is -2.31. The zero-order valence-electron chi connectivity index (χ0n) is 10.3. The van der Waals surface area contributed by atoms with Gasteiger partial charge in [0.05, 0.1) is 0 Å². The van der Waals surface area contributed by atoms with Crippen molar-refractivity contribution in [3.63, 3.8) is 0 Å². The van der Waals surface area contributed by atoms with Gasteiger partial charge in [0, 0.05) is 23.8 Å². The third kappa shape index (κ3) is 2.44. The predicted octanol–water partition coefficient (Wildman–Crippen LogP) is 2.86. The number of anilines is 1. The van der Waals surface area contributed by atoms with Crippen LogP contribution in [0.1, 0.15) is 50.1 Å². The zero-order chi connectivity index (χ0) is 11.5. The Morgan fingerprint density at radius 1 is 1.18 bits per heavy atom. The van der Waals surface area contributed by atoms with Crippen LogP contribution in [-0.4, -0.2) is 17.6 Å². The second-order valence-electron chi connectivity index (χ2n) is 5.22. The lowest BCUT2D eigenvalue weighted by Gasteiger charge is -2.30. The van der Waals surface area contributed by atoms with Gasteiger partial charge in [0.2, 0.25) is 0 Å². The molecule has 0 radical (unpaired) electrons. The summed E-state index contributed by atoms with van der Waals surface area (Å²) < 4.78 is 0. The molecule has 92 valence electrons. The first kappa shape index (κ1) is 11.0. The average molecular weight is 231 g/mol. The van der Waals surface area contributed by atoms with E-state index in [0.29, 0.717) is 12.1 Å². The number of aromatic nitrogens is 1. The number of hydrogen-bond acceptors (Lipinski definition) is 3. The van der Waals surface area contributed by atoms with Crippen molar-refractivity contribution in [1.82, 2.24) is 10.3 Å². The third-order valence-corrected chi connectivity index (χ3v) is 3.97. The van der Waals surface area contributed by atoms with Crippen molar-refractivity contribution in [3.8, 4) is 0 Å². The lowest BCUT2D eigenvalue weighted by atomic mass is 9.92. The fraction of sp³-hybridized carbons (Fsp3) is 0.643. The minimum absolute atomic E-state index is 0.500. The molecular weight excluding hydrogens is 210 g/mol. The van der Waals surface area contributed by atoms with E-state index in [1.165, 1.54) is 44.1 Å². The molecule has 1 aliphatic carbocycles. The van der Waals surface area contributed by atoms with Crippen molar-refractivity contribution in [2.24, 2.45) is 0 Å². The molecule has 0 bridgehead atoms. The smallest absolute Gasteiger partial charge is 0.130 e. The van der Waals surface area contributed by atoms with Crippen molar-refractivity contribution in [3.05, 3.63) is 23.9 Å². The molecule has 1 aromatic rings. The minimum Gasteiger partial charge on any atom is -0.367 e. The van der Waals surface area contributed by atoms with Gasteiger partial charge in [-0.05, 0) is 44.7 Å². The van der Waals surface area contributed by atoms with Crippen LogP contribution in [0.3, 0.4) is 0 Å². The molecule has 1 unspecified atom stereocenters. The topological polar surface area (TPSA) is 37.0 Å². The van der Waals surface area contributed by atoms with Crippen molar-refractivity contribution in [1.29, 1.82) is 0 Å². The van der Waals surface area contributed by atoms with Gasteiger partial charge in [0.1, 0.15) is 5.82 Å². The summed E-state index contributed by atoms with van der Waals surface area (Å²) in [5.41, 5.74) is 1.36. The fourth-order valence-electron chi connectivity index (χ4n) is 2.68. The molecule has 1 saturated heterocycles. The molecule has 0 aromatic carbocycles. The number of nitrogens with one attached hydrogen (secondary N) is 2. The molecule has 0 spiro atoms. The van der Waals surface area contributed by atoms with E-state index < -0.39 is 0 Å². The summed E-state index contributed by atoms with van der Waals surface area (Å²) in [5, 5.41) is 7.20. The first-order valence-corrected chi connectivity index (χ1v) is 6.88. The molecule has 0 amide bonds. The van der Waals surface area contributed by atoms with Gasteiger partial charge in [-0.25, -0.2) is 4.98 Å². The molecule has 1 aromatic heterocycles. The van der Waals surface area contributed by atoms with E-state index in [9.17, 15) is 0 Å². The number of hydrogen-bond donors (Lipinski definition) is 2. The van der Waals surface area contributed by atoms with E-state index in [2.05, 4.69) is 27.8 Å². The van der Waals surface area contributed by atoms with E-state index >= 15 is 0 Å². The maximum absolute atomic E-state index is 4.52. The second-order valence-corrected chi connectivity index (χ2v) is 5.22. The molecule has 2 aliphatic rings. The molecule has 2 fully saturated rings. The van der Waals surface area contributed by atoms with Gasteiger partial charge in [-0.3, -0.25) is 0 Å². The second kappa shape index (κ2) is 5.05. The molecule has 2 heterocycles. The van der Waals surface area contributed by atoms with Crippen LogP contribution in [0.15, 0.2) is 18.3 Å². The van der Waals surface area contributed by atoms with Crippen molar-refractivity contribution >= 4 is 5.82 Å². The van der Waals surface area contributed by atoms with Crippen molar-refractivity contribution < 1.29 is 0 Å². The van der Waals surface area contributed by atoms with Crippen molar-refractivity contribution in [2.45, 2.75) is 50.6 Å². The summed E-state index contributed by atoms with van der Waals surface area (Å²) in [6.45, 7) is 1.14. The summed E-state index contributed by atoms with van der Waals surface area (Å²) >= 11 is 0. The van der Waals surface area contributed by atoms with Crippen molar-refractivity contribution in [2.75, 3.05) is 11.9 Å². The summed E-state index contributed by atoms with van der Waals surface area (Å²) in [4.78, 5) is 4.52. The Morgan fingerprint density at radius 2 is 2.12 bits per heavy atom. The fourth-order valence-corrected chi connectivity index (χ4v) is 2.68. The summed E-state index contributed by atoms with van der Waals surface area (Å²) in [6, 6.07) is 5.43. The highest BCUT2D eigenvalue weighted by Gasteiger charge is 2.22. The first-order valence-electron chi connectivity index (χ1n) is 6.88. The minimum atomic E-state index is 0.500. The van der Waals surface area contributed by atoms with Crippen LogP contribution in [0.2, 0.25) is 0 Å². The maximum atomic E-state index is 4.52. The van der Waals surface area contributed by atoms with E-state index in [-0.39, 0.29) is 0 Å². The van der Waals surface area contributed by atoms with Crippen LogP contribution in [0.25, 0.3) is 0 Å². The van der Waals surface area contributed by atoms with Crippen LogP contribution in [0.4, 0.5) is 5.82 Å². The van der Waals surface area contributed by atoms with Crippen LogP contribution < -0.4 is 10.6 Å². The van der Waals surface area contributed by atoms with Gasteiger partial charge < -0.3 is 10.6 Å². The van der Waals surface area contributed by atoms with Gasteiger partial charge in [0.15, 0.2) is 0 Å². The predicted molar refractivity (Wildman–Crippen MR) is 70.1 cm³/mol. The van der Waals surface area contributed by atoms with E-state index in [1.54, 1.807) is 0 Å². The average Bonchev–Trinajstić information content (AvgIpc) is 2.35. The van der Waals surface area contributed by atoms with E-state index in [0.717, 1.165) is 12.4 Å². The van der Waals surface area contributed by atoms with E-state index in [1.807, 2.05) is 6.20 Å². The lowest BCUT2D eigenvalue weighted by molar-refractivity contribution is 0.409. The highest BCUT2D eigenvalue weighted by molar-refractivity contribution is 5.47. The monoisotopic (exact) mass is 231 g/mol. The molecule has 3 nitrogen and oxygen atoms in total. The van der Waals surface area contributed by atoms with Gasteiger partial charge in [-0.2, -0.15) is 0 Å². The molecule has 17 heavy (non-hydrogen) atoms. The Morgan fingerprint density at radius 3 is 2.82 bits per heavy atom. The number of pyridine rings is 1. The summed E-state index contributed by atoms with van der Waals surface area (Å²) in [7, 11) is 0. The Hall–Kier alpha value is -1.09. The Balaban J connectivity index is 1.76. The third-order valence-electron chi connectivity index (χ3n) is 3.97. The number of rotatable bonds is 3. The van der Waals surface area contributed by atoms with E-state index in [4.69, 9.17) is 0 Å². The Kier molecular flexibility index (Phi) is 3.27. The number of nitrogens with zero attached hydrogens (tertiary/aromatic N) is 1. The normalized spacial score (nSPS) is 25.3. The summed E-state index contributed by atoms with van der Waals surface area (Å²) in [5.74, 6) is 1.11. The van der Waals surface area contributed by atoms with Gasteiger partial charge in [-0.1, -0.05) is 12.5 Å². The van der Waals surface area contributed by atoms with Crippen LogP contribution >= 0.6 is 0 Å². The van der Waals surface area contributed by atoms with Crippen LogP contribution in [0.5, 0.6) is 0 Å². The molecule has 3 heteroatoms. The standard InChI is InChI=1S/C14H21N3/c1-2-9-15-13(8-1)12-7-4-10-16-14(12)17-11-5-3-6-11/h4,7,10-11,13,15H,1-3,5-6,8-9H2,(H,16,17). The SMILES string of the molecule is c1cnc(NC2CCC2)c(C2CCCCN2)c1. The largest absolute Gasteiger partial charge is 0.367 e. The van der Waals surface area contributed by atoms with Gasteiger partial charge >= 0.3 is 0 Å². The van der Waals surface area contributed by atoms with Gasteiger partial charge in [0.25, 0.3) is 0 Å². The molecule has 1 atom stereocenters. The molecule has 1 saturated carbocycles. The Labute approximate surface area is 103 Å². The highest BCUT2D eigenvalue weighted by Crippen LogP contribution is 2.30. The highest BCUT2D eigenvalue weighted by atomic mass is 15.0. The maximum Gasteiger partial charge on any atom is 0.130 e. The summed E-state index contributed by atoms with van der Waals surface area (Å²) in [6.07, 6.45) is 9.74. The quantitative estimate of drug-likeness (QED) is 0.840. The molecular formula is C14H21N3. The number of piperidine rings is 1. The van der Waals surface area contributed by atoms with Crippen LogP contribution in [-0.2, 0) is 0 Å². The molecule has 1 aliphatic heterocycles. The zero-order valence-corrected chi connectivity index (χ0v) is 10.3. The van der Waals surface area contributed by atoms with Crippen LogP contribution in [0, 0.1) is 0 Å². The molecule has 2 N–H and O–H groups in total.